The molecule has 28 heavy (non-hydrogen) atoms. The van der Waals surface area contributed by atoms with Gasteiger partial charge in [0.25, 0.3) is 0 Å². The van der Waals surface area contributed by atoms with Crippen molar-refractivity contribution in [2.24, 2.45) is 0 Å². The summed E-state index contributed by atoms with van der Waals surface area (Å²) < 4.78 is 1.99. The molecule has 1 heterocycles. The van der Waals surface area contributed by atoms with E-state index in [1.807, 2.05) is 49.4 Å². The van der Waals surface area contributed by atoms with Crippen molar-refractivity contribution in [1.82, 2.24) is 19.7 Å². The molecule has 7 nitrogen and oxygen atoms in total. The first-order chi connectivity index (χ1) is 13.4. The lowest BCUT2D eigenvalue weighted by Gasteiger charge is -2.17. The van der Waals surface area contributed by atoms with Gasteiger partial charge in [-0.1, -0.05) is 48.0 Å². The van der Waals surface area contributed by atoms with E-state index in [2.05, 4.69) is 15.5 Å². The van der Waals surface area contributed by atoms with E-state index in [4.69, 9.17) is 12.2 Å². The van der Waals surface area contributed by atoms with E-state index in [-0.39, 0.29) is 24.9 Å². The van der Waals surface area contributed by atoms with Crippen molar-refractivity contribution in [3.63, 3.8) is 0 Å². The molecule has 0 bridgehead atoms. The van der Waals surface area contributed by atoms with Crippen molar-refractivity contribution in [1.29, 1.82) is 0 Å². The fourth-order valence-corrected chi connectivity index (χ4v) is 2.87. The normalized spacial score (nSPS) is 10.5. The molecule has 0 saturated carbocycles. The van der Waals surface area contributed by atoms with Crippen LogP contribution in [0.1, 0.15) is 5.56 Å². The molecule has 144 valence electrons. The number of benzene rings is 2. The van der Waals surface area contributed by atoms with Crippen molar-refractivity contribution in [2.75, 3.05) is 18.9 Å². The van der Waals surface area contributed by atoms with Gasteiger partial charge >= 0.3 is 0 Å². The van der Waals surface area contributed by atoms with Crippen molar-refractivity contribution in [2.45, 2.75) is 13.5 Å². The maximum Gasteiger partial charge on any atom is 0.243 e. The number of aromatic nitrogens is 3. The minimum absolute atomic E-state index is 0.00629. The number of rotatable bonds is 6. The molecule has 0 saturated heterocycles. The van der Waals surface area contributed by atoms with E-state index < -0.39 is 0 Å². The Morgan fingerprint density at radius 3 is 2.50 bits per heavy atom. The predicted octanol–water partition coefficient (Wildman–Crippen LogP) is 3.01. The van der Waals surface area contributed by atoms with Crippen LogP contribution in [0, 0.1) is 11.7 Å². The van der Waals surface area contributed by atoms with Gasteiger partial charge in [0, 0.05) is 18.3 Å². The highest BCUT2D eigenvalue weighted by atomic mass is 32.1. The Hall–Kier alpha value is -3.26. The number of hydrogen-bond acceptors (Lipinski definition) is 4. The van der Waals surface area contributed by atoms with Gasteiger partial charge in [0.15, 0.2) is 10.6 Å². The van der Waals surface area contributed by atoms with Gasteiger partial charge in [-0.3, -0.25) is 19.3 Å². The molecule has 0 aliphatic rings. The largest absolute Gasteiger partial charge is 0.335 e. The summed E-state index contributed by atoms with van der Waals surface area (Å²) in [5.41, 5.74) is 2.67. The Balaban J connectivity index is 1.67. The lowest BCUT2D eigenvalue weighted by Crippen LogP contribution is -2.37. The smallest absolute Gasteiger partial charge is 0.243 e. The van der Waals surface area contributed by atoms with E-state index in [0.29, 0.717) is 16.3 Å². The van der Waals surface area contributed by atoms with E-state index in [9.17, 15) is 9.59 Å². The van der Waals surface area contributed by atoms with Crippen LogP contribution in [0.4, 0.5) is 5.69 Å². The molecule has 2 aromatic carbocycles. The molecule has 3 aromatic rings. The van der Waals surface area contributed by atoms with Gasteiger partial charge in [-0.25, -0.2) is 0 Å². The highest BCUT2D eigenvalue weighted by Gasteiger charge is 2.17. The first-order valence-electron chi connectivity index (χ1n) is 8.75. The lowest BCUT2D eigenvalue weighted by molar-refractivity contribution is -0.133. The van der Waals surface area contributed by atoms with Crippen LogP contribution in [0.15, 0.2) is 54.6 Å². The summed E-state index contributed by atoms with van der Waals surface area (Å²) in [7, 11) is 1.59. The van der Waals surface area contributed by atoms with Crippen molar-refractivity contribution in [3.8, 4) is 11.4 Å². The highest BCUT2D eigenvalue weighted by molar-refractivity contribution is 7.71. The van der Waals surface area contributed by atoms with Gasteiger partial charge in [0.2, 0.25) is 11.8 Å². The maximum atomic E-state index is 12.6. The average molecular weight is 395 g/mol. The average Bonchev–Trinajstić information content (AvgIpc) is 3.03. The van der Waals surface area contributed by atoms with Gasteiger partial charge in [-0.2, -0.15) is 5.10 Å². The molecule has 3 rings (SSSR count). The maximum absolute atomic E-state index is 12.6. The zero-order valence-corrected chi connectivity index (χ0v) is 16.5. The van der Waals surface area contributed by atoms with Gasteiger partial charge in [-0.05, 0) is 31.3 Å². The molecule has 0 aliphatic heterocycles. The lowest BCUT2D eigenvalue weighted by atomic mass is 10.1. The topological polar surface area (TPSA) is 83.0 Å². The van der Waals surface area contributed by atoms with Crippen LogP contribution in [0.25, 0.3) is 11.4 Å². The number of aryl methyl sites for hydroxylation is 1. The summed E-state index contributed by atoms with van der Waals surface area (Å²) in [4.78, 5) is 26.2. The van der Waals surface area contributed by atoms with Crippen LogP contribution in [-0.2, 0) is 16.1 Å². The molecule has 0 spiro atoms. The summed E-state index contributed by atoms with van der Waals surface area (Å²) in [6.07, 6.45) is 0. The number of amides is 2. The Bertz CT molecular complexity index is 1020. The van der Waals surface area contributed by atoms with E-state index in [0.717, 1.165) is 11.1 Å². The number of nitrogens with one attached hydrogen (secondary N) is 2. The number of likely N-dealkylation sites (N-methyl/N-ethyl adjacent to an activating group) is 1. The number of carbonyl (C=O) groups excluding carboxylic acids is 2. The van der Waals surface area contributed by atoms with Crippen molar-refractivity contribution >= 4 is 29.7 Å². The van der Waals surface area contributed by atoms with Crippen LogP contribution in [0.5, 0.6) is 0 Å². The number of para-hydroxylation sites is 1. The third-order valence-electron chi connectivity index (χ3n) is 4.23. The van der Waals surface area contributed by atoms with Gasteiger partial charge in [-0.15, -0.1) is 0 Å². The molecular weight excluding hydrogens is 374 g/mol. The number of carbonyl (C=O) groups is 2. The van der Waals surface area contributed by atoms with Crippen LogP contribution < -0.4 is 5.32 Å². The summed E-state index contributed by atoms with van der Waals surface area (Å²) in [5.74, 6) is 0.0751. The SMILES string of the molecule is Cc1ccc(-c2n[nH]c(=S)n2CC(=O)N(C)CC(=O)Nc2ccccc2)cc1. The molecule has 2 N–H and O–H groups in total. The number of anilines is 1. The standard InChI is InChI=1S/C20H21N5O2S/c1-14-8-10-15(11-9-14)19-22-23-20(28)25(19)13-18(27)24(2)12-17(26)21-16-6-4-3-5-7-16/h3-11H,12-13H2,1-2H3,(H,21,26)(H,23,28). The zero-order valence-electron chi connectivity index (χ0n) is 15.7. The number of nitrogens with zero attached hydrogens (tertiary/aromatic N) is 3. The number of aromatic amines is 1. The molecular formula is C20H21N5O2S. The van der Waals surface area contributed by atoms with E-state index in [1.54, 1.807) is 23.7 Å². The minimum Gasteiger partial charge on any atom is -0.335 e. The number of hydrogen-bond donors (Lipinski definition) is 2. The van der Waals surface area contributed by atoms with Gasteiger partial charge < -0.3 is 10.2 Å². The van der Waals surface area contributed by atoms with Gasteiger partial charge in [0.05, 0.1) is 6.54 Å². The van der Waals surface area contributed by atoms with E-state index >= 15 is 0 Å². The minimum atomic E-state index is -0.267. The molecule has 2 amide bonds. The molecule has 0 atom stereocenters. The Morgan fingerprint density at radius 2 is 1.82 bits per heavy atom. The molecule has 0 radical (unpaired) electrons. The van der Waals surface area contributed by atoms with Crippen LogP contribution >= 0.6 is 12.2 Å². The van der Waals surface area contributed by atoms with Crippen molar-refractivity contribution < 1.29 is 9.59 Å². The molecule has 0 unspecified atom stereocenters. The summed E-state index contributed by atoms with van der Waals surface area (Å²) in [6.45, 7) is 1.94. The fourth-order valence-electron chi connectivity index (χ4n) is 2.67. The fraction of sp³-hybridized carbons (Fsp3) is 0.200. The predicted molar refractivity (Wildman–Crippen MR) is 110 cm³/mol. The Morgan fingerprint density at radius 1 is 1.14 bits per heavy atom. The second-order valence-electron chi connectivity index (χ2n) is 6.47. The van der Waals surface area contributed by atoms with Crippen LogP contribution in [-0.4, -0.2) is 45.1 Å². The Labute approximate surface area is 168 Å². The second kappa shape index (κ2) is 8.62. The summed E-state index contributed by atoms with van der Waals surface area (Å²) >= 11 is 5.27. The molecule has 0 aliphatic carbocycles. The third-order valence-corrected chi connectivity index (χ3v) is 4.54. The molecule has 0 fully saturated rings. The van der Waals surface area contributed by atoms with Crippen LogP contribution in [0.3, 0.4) is 0 Å². The molecule has 1 aromatic heterocycles. The zero-order chi connectivity index (χ0) is 20.1. The third kappa shape index (κ3) is 4.72. The van der Waals surface area contributed by atoms with E-state index in [1.165, 1.54) is 4.90 Å². The monoisotopic (exact) mass is 395 g/mol. The summed E-state index contributed by atoms with van der Waals surface area (Å²) in [6, 6.07) is 16.9. The number of H-pyrrole nitrogens is 1. The second-order valence-corrected chi connectivity index (χ2v) is 6.86. The van der Waals surface area contributed by atoms with Gasteiger partial charge in [0.1, 0.15) is 6.54 Å². The first kappa shape index (κ1) is 19.5. The first-order valence-corrected chi connectivity index (χ1v) is 9.16. The molecule has 8 heteroatoms. The highest BCUT2D eigenvalue weighted by Crippen LogP contribution is 2.18. The summed E-state index contributed by atoms with van der Waals surface area (Å²) in [5, 5.41) is 9.74. The van der Waals surface area contributed by atoms with Crippen molar-refractivity contribution in [3.05, 3.63) is 64.9 Å². The quantitative estimate of drug-likeness (QED) is 0.629. The Kier molecular flexibility index (Phi) is 6.00. The van der Waals surface area contributed by atoms with Crippen LogP contribution in [0.2, 0.25) is 0 Å².